The molecule has 0 aliphatic rings. The van der Waals surface area contributed by atoms with Crippen LogP contribution < -0.4 is 10.6 Å². The molecule has 0 saturated heterocycles. The maximum Gasteiger partial charge on any atom is 0.308 e. The number of carboxylic acids is 1. The fourth-order valence-corrected chi connectivity index (χ4v) is 2.67. The van der Waals surface area contributed by atoms with Gasteiger partial charge in [0.05, 0.1) is 16.9 Å². The predicted molar refractivity (Wildman–Crippen MR) is 104 cm³/mol. The summed E-state index contributed by atoms with van der Waals surface area (Å²) in [4.78, 5) is 45.8. The van der Waals surface area contributed by atoms with Gasteiger partial charge in [0.25, 0.3) is 11.6 Å². The van der Waals surface area contributed by atoms with Crippen LogP contribution in [-0.2, 0) is 9.59 Å². The summed E-state index contributed by atoms with van der Waals surface area (Å²) in [5, 5.41) is 25.2. The minimum absolute atomic E-state index is 0.0324. The van der Waals surface area contributed by atoms with E-state index in [4.69, 9.17) is 0 Å². The summed E-state index contributed by atoms with van der Waals surface area (Å²) in [6.07, 6.45) is -0.0472. The number of hydrogen-bond acceptors (Lipinski definition) is 5. The lowest BCUT2D eigenvalue weighted by Crippen LogP contribution is -2.37. The molecule has 2 unspecified atom stereocenters. The first-order valence-corrected chi connectivity index (χ1v) is 8.89. The number of benzene rings is 2. The number of hydrogen-bond donors (Lipinski definition) is 3. The molecule has 0 aliphatic heterocycles. The van der Waals surface area contributed by atoms with Crippen molar-refractivity contribution in [1.29, 1.82) is 0 Å². The second-order valence-corrected chi connectivity index (χ2v) is 6.39. The Morgan fingerprint density at radius 1 is 1.07 bits per heavy atom. The van der Waals surface area contributed by atoms with E-state index in [1.54, 1.807) is 30.3 Å². The molecule has 9 nitrogen and oxygen atoms in total. The molecule has 0 bridgehead atoms. The van der Waals surface area contributed by atoms with Gasteiger partial charge < -0.3 is 15.7 Å². The number of nitrogens with zero attached hydrogens (tertiary/aromatic N) is 1. The van der Waals surface area contributed by atoms with Crippen LogP contribution >= 0.6 is 0 Å². The molecule has 0 radical (unpaired) electrons. The zero-order valence-corrected chi connectivity index (χ0v) is 15.7. The van der Waals surface area contributed by atoms with Crippen molar-refractivity contribution >= 4 is 23.5 Å². The molecule has 29 heavy (non-hydrogen) atoms. The van der Waals surface area contributed by atoms with E-state index in [9.17, 15) is 29.6 Å². The third-order valence-corrected chi connectivity index (χ3v) is 4.34. The number of amides is 2. The van der Waals surface area contributed by atoms with Crippen LogP contribution in [0, 0.1) is 16.0 Å². The highest BCUT2D eigenvalue weighted by Gasteiger charge is 2.26. The van der Waals surface area contributed by atoms with Crippen LogP contribution in [0.25, 0.3) is 0 Å². The molecule has 152 valence electrons. The Morgan fingerprint density at radius 3 is 2.24 bits per heavy atom. The van der Waals surface area contributed by atoms with Gasteiger partial charge in [-0.05, 0) is 24.6 Å². The van der Waals surface area contributed by atoms with Crippen molar-refractivity contribution in [2.45, 2.75) is 19.4 Å². The summed E-state index contributed by atoms with van der Waals surface area (Å²) in [7, 11) is 0. The average molecular weight is 399 g/mol. The summed E-state index contributed by atoms with van der Waals surface area (Å²) in [6, 6.07) is 13.2. The minimum Gasteiger partial charge on any atom is -0.481 e. The molecule has 0 fully saturated rings. The zero-order valence-electron chi connectivity index (χ0n) is 15.7. The van der Waals surface area contributed by atoms with Gasteiger partial charge in [-0.2, -0.15) is 0 Å². The summed E-state index contributed by atoms with van der Waals surface area (Å²) in [6.45, 7) is 1.54. The van der Waals surface area contributed by atoms with E-state index in [0.717, 1.165) is 0 Å². The predicted octanol–water partition coefficient (Wildman–Crippen LogP) is 2.29. The van der Waals surface area contributed by atoms with Gasteiger partial charge in [0.15, 0.2) is 0 Å². The number of carbonyl (C=O) groups is 3. The quantitative estimate of drug-likeness (QED) is 0.437. The second kappa shape index (κ2) is 9.98. The fraction of sp³-hybridized carbons (Fsp3) is 0.250. The summed E-state index contributed by atoms with van der Waals surface area (Å²) < 4.78 is 0. The largest absolute Gasteiger partial charge is 0.481 e. The lowest BCUT2D eigenvalue weighted by atomic mass is 9.94. The van der Waals surface area contributed by atoms with E-state index >= 15 is 0 Å². The second-order valence-electron chi connectivity index (χ2n) is 6.39. The van der Waals surface area contributed by atoms with E-state index < -0.39 is 34.7 Å². The summed E-state index contributed by atoms with van der Waals surface area (Å²) >= 11 is 0. The highest BCUT2D eigenvalue weighted by Crippen LogP contribution is 2.22. The molecule has 3 N–H and O–H groups in total. The average Bonchev–Trinajstić information content (AvgIpc) is 2.72. The van der Waals surface area contributed by atoms with Crippen LogP contribution in [0.4, 0.5) is 5.69 Å². The number of carbonyl (C=O) groups excluding carboxylic acids is 2. The summed E-state index contributed by atoms with van der Waals surface area (Å²) in [5.74, 6) is -2.75. The molecule has 9 heteroatoms. The van der Waals surface area contributed by atoms with Gasteiger partial charge in [-0.15, -0.1) is 0 Å². The number of nitro benzene ring substituents is 1. The molecule has 2 aromatic rings. The molecule has 2 amide bonds. The molecule has 2 atom stereocenters. The van der Waals surface area contributed by atoms with Crippen molar-refractivity contribution in [3.05, 3.63) is 75.8 Å². The maximum atomic E-state index is 12.3. The molecule has 0 aromatic heterocycles. The molecule has 0 aliphatic carbocycles. The minimum atomic E-state index is -1.04. The van der Waals surface area contributed by atoms with E-state index in [0.29, 0.717) is 5.56 Å². The van der Waals surface area contributed by atoms with Gasteiger partial charge in [-0.3, -0.25) is 24.5 Å². The number of carboxylic acid groups (broad SMARTS) is 1. The number of nitrogens with one attached hydrogen (secondary N) is 2. The van der Waals surface area contributed by atoms with Crippen molar-refractivity contribution in [3.8, 4) is 0 Å². The van der Waals surface area contributed by atoms with Crippen molar-refractivity contribution in [2.24, 2.45) is 5.92 Å². The third kappa shape index (κ3) is 6.13. The monoisotopic (exact) mass is 399 g/mol. The maximum absolute atomic E-state index is 12.3. The van der Waals surface area contributed by atoms with Gasteiger partial charge in [0, 0.05) is 30.7 Å². The number of non-ortho nitro benzene ring substituents is 1. The Kier molecular flexibility index (Phi) is 7.41. The van der Waals surface area contributed by atoms with E-state index in [2.05, 4.69) is 10.6 Å². The lowest BCUT2D eigenvalue weighted by molar-refractivity contribution is -0.384. The highest BCUT2D eigenvalue weighted by atomic mass is 16.6. The van der Waals surface area contributed by atoms with Gasteiger partial charge in [0.1, 0.15) is 0 Å². The van der Waals surface area contributed by atoms with E-state index in [1.165, 1.54) is 31.2 Å². The van der Waals surface area contributed by atoms with Crippen LogP contribution in [-0.4, -0.2) is 34.4 Å². The van der Waals surface area contributed by atoms with Gasteiger partial charge >= 0.3 is 5.97 Å². The standard InChI is InChI=1S/C20H21N3O6/c1-13(20(26)27)18(14-5-3-2-4-6-14)22-17(24)11-12-21-19(25)15-7-9-16(10-8-15)23(28)29/h2-10,13,18H,11-12H2,1H3,(H,21,25)(H,22,24)(H,26,27). The van der Waals surface area contributed by atoms with Crippen LogP contribution in [0.15, 0.2) is 54.6 Å². The molecule has 2 rings (SSSR count). The Balaban J connectivity index is 1.91. The number of aliphatic carboxylic acids is 1. The van der Waals surface area contributed by atoms with Crippen molar-refractivity contribution in [2.75, 3.05) is 6.54 Å². The number of rotatable bonds is 9. The smallest absolute Gasteiger partial charge is 0.308 e. The topological polar surface area (TPSA) is 139 Å². The van der Waals surface area contributed by atoms with Gasteiger partial charge in [0.2, 0.25) is 5.91 Å². The third-order valence-electron chi connectivity index (χ3n) is 4.34. The zero-order chi connectivity index (χ0) is 21.4. The van der Waals surface area contributed by atoms with Crippen LogP contribution in [0.1, 0.15) is 35.3 Å². The van der Waals surface area contributed by atoms with Crippen LogP contribution in [0.3, 0.4) is 0 Å². The fourth-order valence-electron chi connectivity index (χ4n) is 2.67. The Bertz CT molecular complexity index is 883. The van der Waals surface area contributed by atoms with Crippen molar-refractivity contribution in [1.82, 2.24) is 10.6 Å². The van der Waals surface area contributed by atoms with E-state index in [1.807, 2.05) is 0 Å². The molecule has 0 spiro atoms. The highest BCUT2D eigenvalue weighted by molar-refractivity contribution is 5.94. The van der Waals surface area contributed by atoms with Crippen LogP contribution in [0.2, 0.25) is 0 Å². The lowest BCUT2D eigenvalue weighted by Gasteiger charge is -2.23. The SMILES string of the molecule is CC(C(=O)O)C(NC(=O)CCNC(=O)c1ccc([N+](=O)[O-])cc1)c1ccccc1. The molecule has 2 aromatic carbocycles. The first kappa shape index (κ1) is 21.5. The molecular weight excluding hydrogens is 378 g/mol. The normalized spacial score (nSPS) is 12.4. The molecule has 0 heterocycles. The van der Waals surface area contributed by atoms with Crippen molar-refractivity contribution in [3.63, 3.8) is 0 Å². The summed E-state index contributed by atoms with van der Waals surface area (Å²) in [5.41, 5.74) is 0.781. The van der Waals surface area contributed by atoms with E-state index in [-0.39, 0.29) is 24.2 Å². The van der Waals surface area contributed by atoms with Gasteiger partial charge in [-0.25, -0.2) is 0 Å². The first-order chi connectivity index (χ1) is 13.8. The molecular formula is C20H21N3O6. The van der Waals surface area contributed by atoms with Crippen LogP contribution in [0.5, 0.6) is 0 Å². The molecule has 0 saturated carbocycles. The Morgan fingerprint density at radius 2 is 1.69 bits per heavy atom. The van der Waals surface area contributed by atoms with Gasteiger partial charge in [-0.1, -0.05) is 30.3 Å². The Hall–Kier alpha value is -3.75. The van der Waals surface area contributed by atoms with Crippen molar-refractivity contribution < 1.29 is 24.4 Å². The first-order valence-electron chi connectivity index (χ1n) is 8.89. The Labute approximate surface area is 166 Å². The number of nitro groups is 1.